The molecule has 0 saturated heterocycles. The van der Waals surface area contributed by atoms with Crippen molar-refractivity contribution >= 4 is 38.3 Å². The smallest absolute Gasteiger partial charge is 0.255 e. The van der Waals surface area contributed by atoms with Gasteiger partial charge in [0.25, 0.3) is 5.91 Å². The Bertz CT molecular complexity index is 624. The van der Waals surface area contributed by atoms with E-state index in [1.807, 2.05) is 22.6 Å². The lowest BCUT2D eigenvalue weighted by Crippen LogP contribution is -2.35. The summed E-state index contributed by atoms with van der Waals surface area (Å²) in [6.45, 7) is 0. The van der Waals surface area contributed by atoms with Crippen LogP contribution in [-0.2, 0) is 9.84 Å². The molecule has 18 heavy (non-hydrogen) atoms. The Morgan fingerprint density at radius 3 is 2.78 bits per heavy atom. The van der Waals surface area contributed by atoms with Gasteiger partial charge in [-0.1, -0.05) is 0 Å². The molecule has 5 nitrogen and oxygen atoms in total. The van der Waals surface area contributed by atoms with Crippen molar-refractivity contribution in [2.24, 2.45) is 0 Å². The van der Waals surface area contributed by atoms with E-state index in [1.165, 1.54) is 12.1 Å². The first kappa shape index (κ1) is 13.3. The Morgan fingerprint density at radius 1 is 1.44 bits per heavy atom. The lowest BCUT2D eigenvalue weighted by molar-refractivity contribution is 0.0945. The Balaban J connectivity index is 2.14. The van der Waals surface area contributed by atoms with E-state index in [0.29, 0.717) is 0 Å². The number of carbonyl (C=O) groups is 1. The van der Waals surface area contributed by atoms with Crippen molar-refractivity contribution in [2.45, 2.75) is 6.04 Å². The molecule has 0 aromatic heterocycles. The highest BCUT2D eigenvalue weighted by Gasteiger charge is 2.24. The highest BCUT2D eigenvalue weighted by Crippen LogP contribution is 2.20. The third kappa shape index (κ3) is 3.02. The molecule has 1 aromatic rings. The molecular weight excluding hydrogens is 369 g/mol. The topological polar surface area (TPSA) is 83.5 Å². The summed E-state index contributed by atoms with van der Waals surface area (Å²) in [5.74, 6) is -0.751. The van der Waals surface area contributed by atoms with Gasteiger partial charge in [0.05, 0.1) is 17.4 Å². The van der Waals surface area contributed by atoms with Gasteiger partial charge in [0.1, 0.15) is 5.75 Å². The minimum absolute atomic E-state index is 0.127. The highest BCUT2D eigenvalue weighted by atomic mass is 127. The maximum Gasteiger partial charge on any atom is 0.255 e. The number of amides is 1. The summed E-state index contributed by atoms with van der Waals surface area (Å²) in [4.78, 5) is 11.9. The third-order valence-electron chi connectivity index (χ3n) is 2.45. The summed E-state index contributed by atoms with van der Waals surface area (Å²) in [6, 6.07) is 4.10. The summed E-state index contributed by atoms with van der Waals surface area (Å²) >= 11 is 2.02. The predicted octanol–water partition coefficient (Wildman–Crippen LogP) is 1.04. The fraction of sp³-hybridized carbons (Fsp3) is 0.182. The van der Waals surface area contributed by atoms with E-state index >= 15 is 0 Å². The molecule has 0 aliphatic carbocycles. The molecule has 2 N–H and O–H groups in total. The van der Waals surface area contributed by atoms with E-state index < -0.39 is 21.8 Å². The zero-order valence-corrected chi connectivity index (χ0v) is 12.1. The molecule has 96 valence electrons. The molecule has 0 fully saturated rings. The number of nitrogens with one attached hydrogen (secondary N) is 1. The van der Waals surface area contributed by atoms with Crippen LogP contribution in [0.1, 0.15) is 10.4 Å². The minimum atomic E-state index is -3.20. The molecule has 1 aliphatic rings. The number of benzene rings is 1. The molecule has 1 aliphatic heterocycles. The Hall–Kier alpha value is -1.09. The van der Waals surface area contributed by atoms with Crippen LogP contribution < -0.4 is 5.32 Å². The quantitative estimate of drug-likeness (QED) is 0.753. The van der Waals surface area contributed by atoms with Gasteiger partial charge in [0.15, 0.2) is 9.84 Å². The summed E-state index contributed by atoms with van der Waals surface area (Å²) in [7, 11) is -3.20. The number of halogens is 1. The monoisotopic (exact) mass is 379 g/mol. The molecule has 1 amide bonds. The average molecular weight is 379 g/mol. The van der Waals surface area contributed by atoms with Gasteiger partial charge in [-0.25, -0.2) is 8.42 Å². The van der Waals surface area contributed by atoms with E-state index in [1.54, 1.807) is 12.1 Å². The number of phenolic OH excluding ortho intramolecular Hbond substituents is 1. The second-order valence-corrected chi connectivity index (χ2v) is 7.08. The first-order chi connectivity index (χ1) is 8.37. The van der Waals surface area contributed by atoms with Crippen LogP contribution in [0.2, 0.25) is 0 Å². The van der Waals surface area contributed by atoms with Gasteiger partial charge in [0.2, 0.25) is 0 Å². The fourth-order valence-corrected chi connectivity index (χ4v) is 3.33. The van der Waals surface area contributed by atoms with Gasteiger partial charge in [-0.15, -0.1) is 0 Å². The highest BCUT2D eigenvalue weighted by molar-refractivity contribution is 14.1. The molecule has 0 radical (unpaired) electrons. The van der Waals surface area contributed by atoms with Crippen LogP contribution >= 0.6 is 22.6 Å². The maximum atomic E-state index is 11.9. The zero-order chi connectivity index (χ0) is 13.3. The fourth-order valence-electron chi connectivity index (χ4n) is 1.60. The molecule has 1 unspecified atom stereocenters. The Labute approximate surface area is 118 Å². The number of sulfone groups is 1. The zero-order valence-electron chi connectivity index (χ0n) is 9.13. The second kappa shape index (κ2) is 4.88. The summed E-state index contributed by atoms with van der Waals surface area (Å²) in [5.41, 5.74) is 0.139. The second-order valence-electron chi connectivity index (χ2n) is 3.90. The van der Waals surface area contributed by atoms with Crippen LogP contribution in [0.3, 0.4) is 0 Å². The molecule has 1 heterocycles. The summed E-state index contributed by atoms with van der Waals surface area (Å²) < 4.78 is 23.2. The van der Waals surface area contributed by atoms with Crippen LogP contribution in [0.4, 0.5) is 0 Å². The molecule has 0 spiro atoms. The Kier molecular flexibility index (Phi) is 3.62. The average Bonchev–Trinajstić information content (AvgIpc) is 2.61. The van der Waals surface area contributed by atoms with Crippen LogP contribution in [0.5, 0.6) is 5.75 Å². The van der Waals surface area contributed by atoms with E-state index in [4.69, 9.17) is 0 Å². The largest absolute Gasteiger partial charge is 0.507 e. The number of phenols is 1. The summed E-state index contributed by atoms with van der Waals surface area (Å²) in [6.07, 6.45) is 1.43. The molecule has 1 aromatic carbocycles. The molecule has 0 bridgehead atoms. The van der Waals surface area contributed by atoms with E-state index in [9.17, 15) is 18.3 Å². The van der Waals surface area contributed by atoms with Crippen LogP contribution in [0.15, 0.2) is 29.7 Å². The number of aromatic hydroxyl groups is 1. The van der Waals surface area contributed by atoms with Crippen molar-refractivity contribution in [1.82, 2.24) is 5.32 Å². The van der Waals surface area contributed by atoms with Gasteiger partial charge < -0.3 is 10.4 Å². The molecule has 2 rings (SSSR count). The molecular formula is C11H10INO4S. The van der Waals surface area contributed by atoms with Crippen molar-refractivity contribution in [3.8, 4) is 5.75 Å². The van der Waals surface area contributed by atoms with Gasteiger partial charge >= 0.3 is 0 Å². The molecule has 1 atom stereocenters. The number of carbonyl (C=O) groups excluding carboxylic acids is 1. The lowest BCUT2D eigenvalue weighted by Gasteiger charge is -2.11. The SMILES string of the molecule is O=C(NC1C=CS(=O)(=O)C1)c1cc(I)ccc1O. The Morgan fingerprint density at radius 2 is 2.17 bits per heavy atom. The summed E-state index contributed by atoms with van der Waals surface area (Å²) in [5, 5.41) is 13.2. The first-order valence-electron chi connectivity index (χ1n) is 5.08. The van der Waals surface area contributed by atoms with Gasteiger partial charge in [-0.2, -0.15) is 0 Å². The van der Waals surface area contributed by atoms with Crippen molar-refractivity contribution in [2.75, 3.05) is 5.75 Å². The van der Waals surface area contributed by atoms with E-state index in [0.717, 1.165) is 8.98 Å². The van der Waals surface area contributed by atoms with Crippen molar-refractivity contribution < 1.29 is 18.3 Å². The maximum absolute atomic E-state index is 11.9. The van der Waals surface area contributed by atoms with Crippen molar-refractivity contribution in [1.29, 1.82) is 0 Å². The third-order valence-corrected chi connectivity index (χ3v) is 4.52. The van der Waals surface area contributed by atoms with E-state index in [-0.39, 0.29) is 17.1 Å². The predicted molar refractivity (Wildman–Crippen MR) is 75.0 cm³/mol. The lowest BCUT2D eigenvalue weighted by atomic mass is 10.2. The minimum Gasteiger partial charge on any atom is -0.507 e. The van der Waals surface area contributed by atoms with Gasteiger partial charge in [-0.05, 0) is 46.9 Å². The van der Waals surface area contributed by atoms with Crippen molar-refractivity contribution in [3.63, 3.8) is 0 Å². The van der Waals surface area contributed by atoms with Crippen LogP contribution in [-0.4, -0.2) is 31.2 Å². The van der Waals surface area contributed by atoms with E-state index in [2.05, 4.69) is 5.32 Å². The van der Waals surface area contributed by atoms with Crippen LogP contribution in [0, 0.1) is 3.57 Å². The molecule has 7 heteroatoms. The van der Waals surface area contributed by atoms with Gasteiger partial charge in [0, 0.05) is 8.98 Å². The van der Waals surface area contributed by atoms with Crippen LogP contribution in [0.25, 0.3) is 0 Å². The molecule has 0 saturated carbocycles. The number of hydrogen-bond donors (Lipinski definition) is 2. The number of hydrogen-bond acceptors (Lipinski definition) is 4. The number of rotatable bonds is 2. The standard InChI is InChI=1S/C11H10INO4S/c12-7-1-2-10(14)9(5-7)11(15)13-8-3-4-18(16,17)6-8/h1-5,8,14H,6H2,(H,13,15). The van der Waals surface area contributed by atoms with Crippen molar-refractivity contribution in [3.05, 3.63) is 38.8 Å². The normalized spacial score (nSPS) is 20.8. The first-order valence-corrected chi connectivity index (χ1v) is 7.87. The van der Waals surface area contributed by atoms with Gasteiger partial charge in [-0.3, -0.25) is 4.79 Å².